The highest BCUT2D eigenvalue weighted by molar-refractivity contribution is 6.33. The number of hydrogen-bond acceptors (Lipinski definition) is 3. The lowest BCUT2D eigenvalue weighted by molar-refractivity contribution is -0.208. The third-order valence-corrected chi connectivity index (χ3v) is 4.01. The Morgan fingerprint density at radius 1 is 1.45 bits per heavy atom. The zero-order valence-electron chi connectivity index (χ0n) is 11.8. The first-order valence-electron chi connectivity index (χ1n) is 6.72. The largest absolute Gasteiger partial charge is 0.415 e. The number of para-hydroxylation sites is 1. The molecule has 0 aromatic heterocycles. The van der Waals surface area contributed by atoms with E-state index in [4.69, 9.17) is 16.7 Å². The van der Waals surface area contributed by atoms with Crippen molar-refractivity contribution in [3.05, 3.63) is 29.3 Å². The number of nitrogens with zero attached hydrogens (tertiary/aromatic N) is 2. The topological polar surface area (TPSA) is 43.8 Å². The summed E-state index contributed by atoms with van der Waals surface area (Å²) in [6.45, 7) is -0.268. The molecule has 0 aliphatic carbocycles. The fourth-order valence-electron chi connectivity index (χ4n) is 2.49. The predicted molar refractivity (Wildman–Crippen MR) is 76.9 cm³/mol. The highest BCUT2D eigenvalue weighted by atomic mass is 35.5. The summed E-state index contributed by atoms with van der Waals surface area (Å²) in [6.07, 6.45) is -6.79. The van der Waals surface area contributed by atoms with Gasteiger partial charge < -0.3 is 10.0 Å². The van der Waals surface area contributed by atoms with Gasteiger partial charge in [-0.3, -0.25) is 9.69 Å². The van der Waals surface area contributed by atoms with Crippen molar-refractivity contribution in [3.63, 3.8) is 0 Å². The van der Waals surface area contributed by atoms with Crippen LogP contribution in [0, 0.1) is 0 Å². The number of amides is 1. The lowest BCUT2D eigenvalue weighted by Gasteiger charge is -2.27. The zero-order valence-corrected chi connectivity index (χ0v) is 12.6. The second-order valence-electron chi connectivity index (χ2n) is 5.24. The van der Waals surface area contributed by atoms with Crippen molar-refractivity contribution in [2.45, 2.75) is 24.7 Å². The van der Waals surface area contributed by atoms with E-state index in [2.05, 4.69) is 0 Å². The smallest absolute Gasteiger partial charge is 0.382 e. The number of aliphatic hydroxyl groups excluding tert-OH is 1. The Balaban J connectivity index is 2.07. The van der Waals surface area contributed by atoms with E-state index in [0.717, 1.165) is 0 Å². The van der Waals surface area contributed by atoms with E-state index in [9.17, 15) is 18.0 Å². The average Bonchev–Trinajstić information content (AvgIpc) is 2.80. The molecule has 122 valence electrons. The Morgan fingerprint density at radius 2 is 2.09 bits per heavy atom. The summed E-state index contributed by atoms with van der Waals surface area (Å²) in [5, 5.41) is 9.53. The van der Waals surface area contributed by atoms with E-state index in [-0.39, 0.29) is 5.91 Å². The van der Waals surface area contributed by atoms with Gasteiger partial charge in [0.05, 0.1) is 16.8 Å². The molecule has 1 aromatic carbocycles. The molecule has 0 spiro atoms. The number of rotatable bonds is 4. The minimum absolute atomic E-state index is 0.315. The Hall–Kier alpha value is -1.31. The molecule has 1 aliphatic rings. The number of halogens is 4. The van der Waals surface area contributed by atoms with Gasteiger partial charge in [0.1, 0.15) is 0 Å². The van der Waals surface area contributed by atoms with Crippen LogP contribution in [0.25, 0.3) is 0 Å². The third-order valence-electron chi connectivity index (χ3n) is 3.69. The van der Waals surface area contributed by atoms with E-state index in [1.807, 2.05) is 0 Å². The predicted octanol–water partition coefficient (Wildman–Crippen LogP) is 2.30. The fourth-order valence-corrected chi connectivity index (χ4v) is 2.72. The molecule has 0 radical (unpaired) electrons. The van der Waals surface area contributed by atoms with Gasteiger partial charge in [0.25, 0.3) is 0 Å². The molecule has 1 aromatic rings. The SMILES string of the molecule is CN(CC(O)C(F)(F)F)C1CCN(c2ccccc2Cl)C1=O. The van der Waals surface area contributed by atoms with Crippen molar-refractivity contribution in [2.75, 3.05) is 25.0 Å². The van der Waals surface area contributed by atoms with Crippen molar-refractivity contribution in [1.29, 1.82) is 0 Å². The van der Waals surface area contributed by atoms with Gasteiger partial charge in [-0.2, -0.15) is 13.2 Å². The van der Waals surface area contributed by atoms with Crippen molar-refractivity contribution in [2.24, 2.45) is 0 Å². The van der Waals surface area contributed by atoms with Gasteiger partial charge in [0.2, 0.25) is 5.91 Å². The van der Waals surface area contributed by atoms with Gasteiger partial charge >= 0.3 is 6.18 Å². The molecule has 1 fully saturated rings. The second kappa shape index (κ2) is 6.44. The van der Waals surface area contributed by atoms with Gasteiger partial charge in [0.15, 0.2) is 6.10 Å². The molecule has 2 rings (SSSR count). The highest BCUT2D eigenvalue weighted by Crippen LogP contribution is 2.30. The number of aliphatic hydroxyl groups is 1. The summed E-state index contributed by atoms with van der Waals surface area (Å²) in [5.74, 6) is -0.315. The first kappa shape index (κ1) is 17.1. The van der Waals surface area contributed by atoms with E-state index in [1.165, 1.54) is 16.8 Å². The number of benzene rings is 1. The Bertz CT molecular complexity index is 553. The molecule has 0 bridgehead atoms. The Morgan fingerprint density at radius 3 is 2.68 bits per heavy atom. The lowest BCUT2D eigenvalue weighted by Crippen LogP contribution is -2.46. The zero-order chi connectivity index (χ0) is 16.5. The molecule has 2 atom stereocenters. The molecule has 8 heteroatoms. The molecule has 2 unspecified atom stereocenters. The van der Waals surface area contributed by atoms with Crippen LogP contribution >= 0.6 is 11.6 Å². The summed E-state index contributed by atoms with van der Waals surface area (Å²) in [4.78, 5) is 15.1. The fraction of sp³-hybridized carbons (Fsp3) is 0.500. The first-order valence-corrected chi connectivity index (χ1v) is 7.10. The Kier molecular flexibility index (Phi) is 4.99. The van der Waals surface area contributed by atoms with Gasteiger partial charge in [-0.1, -0.05) is 23.7 Å². The summed E-state index contributed by atoms with van der Waals surface area (Å²) in [6, 6.07) is 6.10. The van der Waals surface area contributed by atoms with Crippen LogP contribution in [0.1, 0.15) is 6.42 Å². The maximum atomic E-state index is 12.4. The minimum Gasteiger partial charge on any atom is -0.382 e. The van der Waals surface area contributed by atoms with Gasteiger partial charge in [-0.25, -0.2) is 0 Å². The standard InChI is InChI=1S/C14H16ClF3N2O2/c1-19(8-12(21)14(16,17)18)11-6-7-20(13(11)22)10-5-3-2-4-9(10)15/h2-5,11-12,21H,6-8H2,1H3. The van der Waals surface area contributed by atoms with Gasteiger partial charge in [0, 0.05) is 13.1 Å². The van der Waals surface area contributed by atoms with E-state index in [1.54, 1.807) is 24.3 Å². The van der Waals surface area contributed by atoms with Crippen LogP contribution in [0.3, 0.4) is 0 Å². The van der Waals surface area contributed by atoms with Crippen LogP contribution in [-0.2, 0) is 4.79 Å². The first-order chi connectivity index (χ1) is 10.2. The van der Waals surface area contributed by atoms with Crippen LogP contribution in [-0.4, -0.2) is 54.4 Å². The molecule has 1 saturated heterocycles. The van der Waals surface area contributed by atoms with E-state index < -0.39 is 24.9 Å². The number of hydrogen-bond donors (Lipinski definition) is 1. The quantitative estimate of drug-likeness (QED) is 0.917. The van der Waals surface area contributed by atoms with Gasteiger partial charge in [-0.15, -0.1) is 0 Å². The lowest BCUT2D eigenvalue weighted by atomic mass is 10.2. The molecule has 4 nitrogen and oxygen atoms in total. The monoisotopic (exact) mass is 336 g/mol. The number of alkyl halides is 3. The number of carbonyl (C=O) groups excluding carboxylic acids is 1. The molecule has 1 N–H and O–H groups in total. The minimum atomic E-state index is -4.70. The summed E-state index contributed by atoms with van der Waals surface area (Å²) in [7, 11) is 1.40. The van der Waals surface area contributed by atoms with Crippen molar-refractivity contribution >= 4 is 23.2 Å². The molecule has 0 saturated carbocycles. The normalized spacial score (nSPS) is 20.8. The molecular weight excluding hydrogens is 321 g/mol. The summed E-state index contributed by atoms with van der Waals surface area (Å²) < 4.78 is 37.2. The van der Waals surface area contributed by atoms with Crippen molar-refractivity contribution in [3.8, 4) is 0 Å². The van der Waals surface area contributed by atoms with E-state index >= 15 is 0 Å². The van der Waals surface area contributed by atoms with Crippen LogP contribution in [0.5, 0.6) is 0 Å². The molecular formula is C14H16ClF3N2O2. The second-order valence-corrected chi connectivity index (χ2v) is 5.65. The molecule has 1 aliphatic heterocycles. The van der Waals surface area contributed by atoms with Gasteiger partial charge in [-0.05, 0) is 25.6 Å². The maximum absolute atomic E-state index is 12.4. The average molecular weight is 337 g/mol. The maximum Gasteiger partial charge on any atom is 0.415 e. The van der Waals surface area contributed by atoms with Crippen LogP contribution in [0.15, 0.2) is 24.3 Å². The summed E-state index contributed by atoms with van der Waals surface area (Å²) >= 11 is 6.04. The third kappa shape index (κ3) is 3.53. The molecule has 1 heterocycles. The van der Waals surface area contributed by atoms with Crippen LogP contribution < -0.4 is 4.90 Å². The molecule has 22 heavy (non-hydrogen) atoms. The van der Waals surface area contributed by atoms with E-state index in [0.29, 0.717) is 23.7 Å². The number of anilines is 1. The molecule has 1 amide bonds. The van der Waals surface area contributed by atoms with Crippen LogP contribution in [0.2, 0.25) is 5.02 Å². The summed E-state index contributed by atoms with van der Waals surface area (Å²) in [5.41, 5.74) is 0.543. The number of carbonyl (C=O) groups is 1. The Labute approximate surface area is 131 Å². The van der Waals surface area contributed by atoms with Crippen molar-refractivity contribution in [1.82, 2.24) is 4.90 Å². The van der Waals surface area contributed by atoms with Crippen LogP contribution in [0.4, 0.5) is 18.9 Å². The van der Waals surface area contributed by atoms with Crippen molar-refractivity contribution < 1.29 is 23.1 Å². The number of likely N-dealkylation sites (N-methyl/N-ethyl adjacent to an activating group) is 1. The highest BCUT2D eigenvalue weighted by Gasteiger charge is 2.42.